The molecule has 0 aromatic heterocycles. The van der Waals surface area contributed by atoms with Gasteiger partial charge in [-0.3, -0.25) is 0 Å². The molecule has 0 fully saturated rings. The molecule has 0 saturated heterocycles. The zero-order valence-electron chi connectivity index (χ0n) is 6.30. The Labute approximate surface area is 71.5 Å². The van der Waals surface area contributed by atoms with Crippen molar-refractivity contribution >= 4 is 5.69 Å². The van der Waals surface area contributed by atoms with Crippen molar-refractivity contribution in [3.63, 3.8) is 0 Å². The van der Waals surface area contributed by atoms with E-state index in [4.69, 9.17) is 5.84 Å². The lowest BCUT2D eigenvalue weighted by Gasteiger charge is -2.03. The average molecular weight is 190 g/mol. The van der Waals surface area contributed by atoms with Crippen molar-refractivity contribution in [2.24, 2.45) is 5.84 Å². The number of alkyl halides is 3. The third-order valence-electron chi connectivity index (χ3n) is 1.35. The number of hydrogen-bond acceptors (Lipinski definition) is 1. The number of hydrazine groups is 1. The molecular formula is C7H5F3N2O+. The summed E-state index contributed by atoms with van der Waals surface area (Å²) >= 11 is 0. The van der Waals surface area contributed by atoms with Gasteiger partial charge in [0.15, 0.2) is 4.87 Å². The molecule has 0 saturated carbocycles. The van der Waals surface area contributed by atoms with Crippen molar-refractivity contribution in [1.82, 2.24) is 0 Å². The summed E-state index contributed by atoms with van der Waals surface area (Å²) in [5.74, 6) is 4.71. The quantitative estimate of drug-likeness (QED) is 0.417. The largest absolute Gasteiger partial charge is 0.416 e. The first-order valence-corrected chi connectivity index (χ1v) is 3.22. The fourth-order valence-corrected chi connectivity index (χ4v) is 0.757. The van der Waals surface area contributed by atoms with Crippen molar-refractivity contribution in [2.75, 3.05) is 0 Å². The van der Waals surface area contributed by atoms with E-state index in [2.05, 4.69) is 6.07 Å². The summed E-state index contributed by atoms with van der Waals surface area (Å²) in [5.41, 5.74) is -1.28. The fourth-order valence-electron chi connectivity index (χ4n) is 0.757. The predicted molar refractivity (Wildman–Crippen MR) is 37.8 cm³/mol. The predicted octanol–water partition coefficient (Wildman–Crippen LogP) is 1.79. The topological polar surface area (TPSA) is 46.1 Å². The number of nitrogens with zero attached hydrogens (tertiary/aromatic N) is 1. The van der Waals surface area contributed by atoms with E-state index < -0.39 is 11.7 Å². The Morgan fingerprint density at radius 2 is 2.08 bits per heavy atom. The van der Waals surface area contributed by atoms with E-state index in [1.165, 1.54) is 0 Å². The second-order valence-corrected chi connectivity index (χ2v) is 2.29. The lowest BCUT2D eigenvalue weighted by atomic mass is 10.2. The smallest absolute Gasteiger partial charge is 0.166 e. The van der Waals surface area contributed by atoms with Crippen molar-refractivity contribution < 1.29 is 18.0 Å². The number of halogens is 3. The van der Waals surface area contributed by atoms with Crippen LogP contribution in [-0.4, -0.2) is 4.87 Å². The summed E-state index contributed by atoms with van der Waals surface area (Å²) in [6.45, 7) is 0. The van der Waals surface area contributed by atoms with Crippen molar-refractivity contribution in [3.05, 3.63) is 34.7 Å². The van der Waals surface area contributed by atoms with E-state index in [1.54, 1.807) is 0 Å². The van der Waals surface area contributed by atoms with E-state index in [0.717, 1.165) is 12.1 Å². The van der Waals surface area contributed by atoms with Crippen LogP contribution >= 0.6 is 0 Å². The first-order valence-electron chi connectivity index (χ1n) is 3.22. The molecule has 0 amide bonds. The third kappa shape index (κ3) is 2.17. The van der Waals surface area contributed by atoms with E-state index in [1.807, 2.05) is 0 Å². The number of nitroso groups, excluding NO2 is 1. The Bertz CT molecular complexity index is 335. The summed E-state index contributed by atoms with van der Waals surface area (Å²) in [4.78, 5) is 10.2. The van der Waals surface area contributed by atoms with Gasteiger partial charge in [0.2, 0.25) is 0 Å². The van der Waals surface area contributed by atoms with Crippen LogP contribution in [0.15, 0.2) is 18.2 Å². The van der Waals surface area contributed by atoms with Gasteiger partial charge in [-0.05, 0) is 12.1 Å². The Morgan fingerprint density at radius 1 is 1.46 bits per heavy atom. The molecule has 0 atom stereocenters. The van der Waals surface area contributed by atoms with Gasteiger partial charge in [-0.15, -0.1) is 0 Å². The zero-order chi connectivity index (χ0) is 10.1. The van der Waals surface area contributed by atoms with Gasteiger partial charge >= 0.3 is 6.18 Å². The van der Waals surface area contributed by atoms with Gasteiger partial charge in [0.25, 0.3) is 5.69 Å². The fraction of sp³-hybridized carbons (Fsp3) is 0.143. The van der Waals surface area contributed by atoms with Crippen LogP contribution in [0.1, 0.15) is 5.56 Å². The van der Waals surface area contributed by atoms with Crippen LogP contribution in [0.4, 0.5) is 18.9 Å². The summed E-state index contributed by atoms with van der Waals surface area (Å²) < 4.78 is 36.2. The molecule has 0 aliphatic heterocycles. The van der Waals surface area contributed by atoms with Crippen LogP contribution in [0.2, 0.25) is 0 Å². The molecule has 0 spiro atoms. The Morgan fingerprint density at radius 3 is 2.54 bits per heavy atom. The molecule has 3 nitrogen and oxygen atoms in total. The molecular weight excluding hydrogens is 185 g/mol. The van der Waals surface area contributed by atoms with Crippen LogP contribution < -0.4 is 5.84 Å². The lowest BCUT2D eigenvalue weighted by molar-refractivity contribution is -0.475. The van der Waals surface area contributed by atoms with Crippen molar-refractivity contribution in [1.29, 1.82) is 0 Å². The monoisotopic (exact) mass is 190 g/mol. The third-order valence-corrected chi connectivity index (χ3v) is 1.35. The first-order chi connectivity index (χ1) is 5.91. The van der Waals surface area contributed by atoms with Gasteiger partial charge in [-0.2, -0.15) is 19.0 Å². The Balaban J connectivity index is 3.13. The highest BCUT2D eigenvalue weighted by molar-refractivity contribution is 5.33. The molecule has 0 heterocycles. The molecule has 0 aliphatic carbocycles. The van der Waals surface area contributed by atoms with E-state index >= 15 is 0 Å². The van der Waals surface area contributed by atoms with Gasteiger partial charge < -0.3 is 0 Å². The maximum atomic E-state index is 12.1. The zero-order valence-corrected chi connectivity index (χ0v) is 6.30. The number of nitrogens with two attached hydrogens (primary N) is 1. The van der Waals surface area contributed by atoms with Crippen LogP contribution in [0.25, 0.3) is 0 Å². The lowest BCUT2D eigenvalue weighted by Crippen LogP contribution is -2.11. The van der Waals surface area contributed by atoms with E-state index in [-0.39, 0.29) is 10.6 Å². The highest BCUT2D eigenvalue weighted by atomic mass is 19.4. The second-order valence-electron chi connectivity index (χ2n) is 2.29. The van der Waals surface area contributed by atoms with Crippen molar-refractivity contribution in [2.45, 2.75) is 6.18 Å². The van der Waals surface area contributed by atoms with Crippen LogP contribution in [0.3, 0.4) is 0 Å². The molecule has 1 radical (unpaired) electrons. The maximum absolute atomic E-state index is 12.1. The summed E-state index contributed by atoms with van der Waals surface area (Å²) in [6, 6.07) is 4.71. The Hall–Kier alpha value is -1.59. The number of hydrogen-bond donors (Lipinski definition) is 1. The van der Waals surface area contributed by atoms with Gasteiger partial charge in [0.05, 0.1) is 16.5 Å². The number of benzene rings is 1. The van der Waals surface area contributed by atoms with Gasteiger partial charge in [0.1, 0.15) is 0 Å². The normalized spacial score (nSPS) is 11.3. The minimum Gasteiger partial charge on any atom is -0.166 e. The SMILES string of the molecule is N[N+](=O)c1[c]ccc(C(F)(F)F)c1. The molecule has 2 N–H and O–H groups in total. The standard InChI is InChI=1S/C7H5F3N2O/c8-7(9,10)5-2-1-3-6(4-5)12(11)13/h1-2,4H,(H2,11,13)/q+1. The number of rotatable bonds is 1. The van der Waals surface area contributed by atoms with Crippen LogP contribution in [0.5, 0.6) is 0 Å². The minimum absolute atomic E-state index is 0.171. The average Bonchev–Trinajstić information content (AvgIpc) is 2.03. The van der Waals surface area contributed by atoms with Crippen LogP contribution in [-0.2, 0) is 6.18 Å². The first kappa shape index (κ1) is 9.50. The molecule has 1 aromatic rings. The molecule has 13 heavy (non-hydrogen) atoms. The molecule has 0 bridgehead atoms. The summed E-state index contributed by atoms with van der Waals surface area (Å²) in [7, 11) is 0. The van der Waals surface area contributed by atoms with Crippen LogP contribution in [0, 0.1) is 11.0 Å². The minimum atomic E-state index is -4.47. The van der Waals surface area contributed by atoms with Crippen molar-refractivity contribution in [3.8, 4) is 0 Å². The highest BCUT2D eigenvalue weighted by Crippen LogP contribution is 2.30. The molecule has 69 valence electrons. The van der Waals surface area contributed by atoms with Gasteiger partial charge in [0, 0.05) is 6.07 Å². The summed E-state index contributed by atoms with van der Waals surface area (Å²) in [5, 5.41) is 0. The molecule has 1 rings (SSSR count). The van der Waals surface area contributed by atoms with Gasteiger partial charge in [-0.25, -0.2) is 0 Å². The highest BCUT2D eigenvalue weighted by Gasteiger charge is 2.32. The molecule has 0 aliphatic rings. The second kappa shape index (κ2) is 3.04. The maximum Gasteiger partial charge on any atom is 0.416 e. The van der Waals surface area contributed by atoms with E-state index in [0.29, 0.717) is 6.07 Å². The molecule has 0 unspecified atom stereocenters. The molecule has 6 heteroatoms. The Kier molecular flexibility index (Phi) is 2.22. The molecule has 1 aromatic carbocycles. The van der Waals surface area contributed by atoms with E-state index in [9.17, 15) is 18.1 Å². The van der Waals surface area contributed by atoms with Gasteiger partial charge in [-0.1, -0.05) is 0 Å². The summed E-state index contributed by atoms with van der Waals surface area (Å²) in [6.07, 6.45) is -4.47.